The van der Waals surface area contributed by atoms with E-state index in [9.17, 15) is 0 Å². The summed E-state index contributed by atoms with van der Waals surface area (Å²) in [5.74, 6) is 1.41. The summed E-state index contributed by atoms with van der Waals surface area (Å²) in [5, 5.41) is 10.5. The number of hydrogen-bond donors (Lipinski definition) is 1. The summed E-state index contributed by atoms with van der Waals surface area (Å²) in [6.07, 6.45) is -0.340. The number of fused-ring (bicyclic) bond motifs is 7. The Kier molecular flexibility index (Phi) is 6.85. The molecule has 1 aliphatic rings. The van der Waals surface area contributed by atoms with Gasteiger partial charge >= 0.3 is 0 Å². The van der Waals surface area contributed by atoms with Crippen molar-refractivity contribution in [3.8, 4) is 16.8 Å². The Morgan fingerprint density at radius 3 is 2.07 bits per heavy atom. The molecule has 1 aliphatic heterocycles. The summed E-state index contributed by atoms with van der Waals surface area (Å²) < 4.78 is 9.14. The van der Waals surface area contributed by atoms with Gasteiger partial charge in [-0.1, -0.05) is 133 Å². The molecule has 54 heavy (non-hydrogen) atoms. The van der Waals surface area contributed by atoms with Crippen LogP contribution in [0.5, 0.6) is 0 Å². The third kappa shape index (κ3) is 4.86. The number of furan rings is 1. The van der Waals surface area contributed by atoms with Crippen molar-refractivity contribution in [3.63, 3.8) is 0 Å². The van der Waals surface area contributed by atoms with Crippen LogP contribution in [-0.2, 0) is 0 Å². The molecule has 0 fully saturated rings. The fourth-order valence-electron chi connectivity index (χ4n) is 8.12. The van der Waals surface area contributed by atoms with Crippen LogP contribution in [0, 0.1) is 0 Å². The first-order chi connectivity index (χ1) is 26.8. The number of hydrogen-bond acceptors (Lipinski definition) is 4. The standard InChI is InChI=1S/C49H32N4O/c1-3-14-32(15-4-1)47-50-48(40-22-11-16-31-13-7-8-19-36(31)40)52-49(51-47)41-23-12-21-39-38-27-25-34(30-45(38)54-46(39)41)33-26-28-44-42(29-33)37-20-9-10-24-43(37)53(44)35-17-5-2-6-18-35/h1-30,48H,(H,50,51,52). The Morgan fingerprint density at radius 2 is 1.19 bits per heavy atom. The maximum atomic E-state index is 6.80. The number of para-hydroxylation sites is 3. The van der Waals surface area contributed by atoms with E-state index in [0.29, 0.717) is 5.84 Å². The molecule has 11 rings (SSSR count). The predicted octanol–water partition coefficient (Wildman–Crippen LogP) is 12.0. The van der Waals surface area contributed by atoms with Crippen LogP contribution in [0.4, 0.5) is 0 Å². The van der Waals surface area contributed by atoms with E-state index in [0.717, 1.165) is 66.7 Å². The van der Waals surface area contributed by atoms with E-state index in [1.165, 1.54) is 27.2 Å². The topological polar surface area (TPSA) is 54.8 Å². The van der Waals surface area contributed by atoms with Crippen molar-refractivity contribution < 1.29 is 4.42 Å². The largest absolute Gasteiger partial charge is 0.455 e. The smallest absolute Gasteiger partial charge is 0.163 e. The Hall–Kier alpha value is -7.24. The van der Waals surface area contributed by atoms with Gasteiger partial charge in [0.05, 0.1) is 16.6 Å². The van der Waals surface area contributed by atoms with Crippen molar-refractivity contribution >= 4 is 66.2 Å². The van der Waals surface area contributed by atoms with E-state index in [1.807, 2.05) is 18.2 Å². The Morgan fingerprint density at radius 1 is 0.500 bits per heavy atom. The molecule has 1 atom stereocenters. The van der Waals surface area contributed by atoms with Crippen LogP contribution >= 0.6 is 0 Å². The van der Waals surface area contributed by atoms with Gasteiger partial charge in [-0.15, -0.1) is 0 Å². The second-order valence-corrected chi connectivity index (χ2v) is 13.8. The summed E-state index contributed by atoms with van der Waals surface area (Å²) in [7, 11) is 0. The molecule has 1 unspecified atom stereocenters. The van der Waals surface area contributed by atoms with Gasteiger partial charge in [0, 0.05) is 38.4 Å². The van der Waals surface area contributed by atoms with Gasteiger partial charge in [0.2, 0.25) is 0 Å². The summed E-state index contributed by atoms with van der Waals surface area (Å²) >= 11 is 0. The number of nitrogens with one attached hydrogen (secondary N) is 1. The lowest BCUT2D eigenvalue weighted by Crippen LogP contribution is -2.33. The number of rotatable bonds is 5. The van der Waals surface area contributed by atoms with Gasteiger partial charge in [-0.2, -0.15) is 0 Å². The second kappa shape index (κ2) is 12.2. The molecule has 5 heteroatoms. The van der Waals surface area contributed by atoms with Crippen LogP contribution in [0.15, 0.2) is 196 Å². The highest BCUT2D eigenvalue weighted by molar-refractivity contribution is 6.20. The van der Waals surface area contributed by atoms with E-state index >= 15 is 0 Å². The van der Waals surface area contributed by atoms with E-state index < -0.39 is 0 Å². The minimum Gasteiger partial charge on any atom is -0.455 e. The maximum Gasteiger partial charge on any atom is 0.163 e. The molecule has 0 amide bonds. The zero-order chi connectivity index (χ0) is 35.6. The highest BCUT2D eigenvalue weighted by Gasteiger charge is 2.25. The predicted molar refractivity (Wildman–Crippen MR) is 223 cm³/mol. The third-order valence-electron chi connectivity index (χ3n) is 10.7. The third-order valence-corrected chi connectivity index (χ3v) is 10.7. The van der Waals surface area contributed by atoms with Crippen LogP contribution in [0.3, 0.4) is 0 Å². The minimum atomic E-state index is -0.340. The van der Waals surface area contributed by atoms with Gasteiger partial charge in [-0.05, 0) is 70.4 Å². The molecule has 2 aromatic heterocycles. The number of nitrogens with zero attached hydrogens (tertiary/aromatic N) is 3. The summed E-state index contributed by atoms with van der Waals surface area (Å²) in [6.45, 7) is 0. The molecule has 0 radical (unpaired) electrons. The van der Waals surface area contributed by atoms with Gasteiger partial charge < -0.3 is 14.3 Å². The van der Waals surface area contributed by atoms with Crippen LogP contribution in [0.25, 0.3) is 71.3 Å². The first-order valence-corrected chi connectivity index (χ1v) is 18.3. The molecule has 10 aromatic rings. The molecule has 0 saturated carbocycles. The molecule has 8 aromatic carbocycles. The number of benzene rings is 8. The van der Waals surface area contributed by atoms with Gasteiger partial charge in [0.25, 0.3) is 0 Å². The molecule has 5 nitrogen and oxygen atoms in total. The Bertz CT molecular complexity index is 3130. The number of aliphatic imine (C=N–C) groups is 2. The van der Waals surface area contributed by atoms with Gasteiger partial charge in [0.1, 0.15) is 23.2 Å². The zero-order valence-electron chi connectivity index (χ0n) is 29.1. The quantitative estimate of drug-likeness (QED) is 0.195. The van der Waals surface area contributed by atoms with Crippen molar-refractivity contribution in [3.05, 3.63) is 199 Å². The van der Waals surface area contributed by atoms with E-state index in [-0.39, 0.29) is 6.17 Å². The van der Waals surface area contributed by atoms with Crippen molar-refractivity contribution in [2.75, 3.05) is 0 Å². The average Bonchev–Trinajstić information content (AvgIpc) is 3.79. The lowest BCUT2D eigenvalue weighted by atomic mass is 10.0. The van der Waals surface area contributed by atoms with Crippen molar-refractivity contribution in [2.24, 2.45) is 9.98 Å². The molecule has 0 saturated heterocycles. The highest BCUT2D eigenvalue weighted by atomic mass is 16.3. The van der Waals surface area contributed by atoms with Crippen LogP contribution in [0.2, 0.25) is 0 Å². The molecule has 254 valence electrons. The molecule has 1 N–H and O–H groups in total. The number of aromatic nitrogens is 1. The fraction of sp³-hybridized carbons (Fsp3) is 0.0204. The Labute approximate surface area is 311 Å². The van der Waals surface area contributed by atoms with Crippen LogP contribution in [0.1, 0.15) is 22.9 Å². The lowest BCUT2D eigenvalue weighted by Gasteiger charge is -2.24. The summed E-state index contributed by atoms with van der Waals surface area (Å²) in [6, 6.07) is 63.9. The molecular formula is C49H32N4O. The number of amidine groups is 2. The summed E-state index contributed by atoms with van der Waals surface area (Å²) in [4.78, 5) is 10.4. The van der Waals surface area contributed by atoms with Gasteiger partial charge in [0.15, 0.2) is 5.84 Å². The zero-order valence-corrected chi connectivity index (χ0v) is 29.1. The van der Waals surface area contributed by atoms with Gasteiger partial charge in [-0.3, -0.25) is 0 Å². The minimum absolute atomic E-state index is 0.340. The average molecular weight is 693 g/mol. The molecular weight excluding hydrogens is 661 g/mol. The highest BCUT2D eigenvalue weighted by Crippen LogP contribution is 2.38. The summed E-state index contributed by atoms with van der Waals surface area (Å²) in [5.41, 5.74) is 10.3. The molecule has 0 spiro atoms. The first-order valence-electron chi connectivity index (χ1n) is 18.3. The van der Waals surface area contributed by atoms with Gasteiger partial charge in [-0.25, -0.2) is 9.98 Å². The lowest BCUT2D eigenvalue weighted by molar-refractivity contribution is 0.664. The van der Waals surface area contributed by atoms with E-state index in [4.69, 9.17) is 14.4 Å². The molecule has 0 bridgehead atoms. The van der Waals surface area contributed by atoms with Crippen molar-refractivity contribution in [2.45, 2.75) is 6.17 Å². The van der Waals surface area contributed by atoms with Crippen LogP contribution < -0.4 is 5.32 Å². The first kappa shape index (κ1) is 30.4. The van der Waals surface area contributed by atoms with Crippen LogP contribution in [-0.4, -0.2) is 16.2 Å². The normalized spacial score (nSPS) is 14.5. The maximum absolute atomic E-state index is 6.80. The monoisotopic (exact) mass is 692 g/mol. The Balaban J connectivity index is 1.05. The molecule has 3 heterocycles. The van der Waals surface area contributed by atoms with Crippen molar-refractivity contribution in [1.82, 2.24) is 9.88 Å². The van der Waals surface area contributed by atoms with E-state index in [1.54, 1.807) is 0 Å². The SMILES string of the molecule is c1ccc(C2=NC(c3cccc4c3oc3cc(-c5ccc6c(c5)c5ccccc5n6-c5ccccc5)ccc34)=NC(c3cccc4ccccc34)N2)cc1. The van der Waals surface area contributed by atoms with E-state index in [2.05, 4.69) is 174 Å². The second-order valence-electron chi connectivity index (χ2n) is 13.8. The fourth-order valence-corrected chi connectivity index (χ4v) is 8.12. The molecule has 0 aliphatic carbocycles. The van der Waals surface area contributed by atoms with Crippen molar-refractivity contribution in [1.29, 1.82) is 0 Å².